The van der Waals surface area contributed by atoms with Crippen molar-refractivity contribution in [2.45, 2.75) is 24.7 Å². The summed E-state index contributed by atoms with van der Waals surface area (Å²) in [6, 6.07) is 18.4. The van der Waals surface area contributed by atoms with Crippen molar-refractivity contribution in [3.05, 3.63) is 99.5 Å². The van der Waals surface area contributed by atoms with Crippen molar-refractivity contribution in [3.8, 4) is 0 Å². The van der Waals surface area contributed by atoms with Crippen LogP contribution in [0.2, 0.25) is 5.02 Å². The first kappa shape index (κ1) is 27.0. The zero-order chi connectivity index (χ0) is 27.2. The number of hydrogen-bond donors (Lipinski definition) is 1. The Morgan fingerprint density at radius 3 is 2.16 bits per heavy atom. The first-order valence-electron chi connectivity index (χ1n) is 11.7. The summed E-state index contributed by atoms with van der Waals surface area (Å²) in [5.41, 5.74) is 0.998. The van der Waals surface area contributed by atoms with Gasteiger partial charge in [0.25, 0.3) is 11.8 Å². The van der Waals surface area contributed by atoms with Crippen molar-refractivity contribution in [3.63, 3.8) is 0 Å². The Balaban J connectivity index is 1.62. The summed E-state index contributed by atoms with van der Waals surface area (Å²) in [4.78, 5) is 52.2. The number of imide groups is 1. The van der Waals surface area contributed by atoms with Gasteiger partial charge in [0.1, 0.15) is 10.6 Å². The van der Waals surface area contributed by atoms with Gasteiger partial charge < -0.3 is 20.0 Å². The fourth-order valence-electron chi connectivity index (χ4n) is 3.54. The number of nitrogens with one attached hydrogen (secondary N) is 1. The predicted octanol–water partition coefficient (Wildman–Crippen LogP) is 4.65. The summed E-state index contributed by atoms with van der Waals surface area (Å²) in [5, 5.41) is 14.6. The van der Waals surface area contributed by atoms with Crippen LogP contribution in [0, 0.1) is 0 Å². The number of hydrogen-bond acceptors (Lipinski definition) is 8. The van der Waals surface area contributed by atoms with Gasteiger partial charge in [-0.2, -0.15) is 0 Å². The van der Waals surface area contributed by atoms with Gasteiger partial charge in [-0.1, -0.05) is 48.8 Å². The van der Waals surface area contributed by atoms with E-state index in [0.29, 0.717) is 27.8 Å². The maximum absolute atomic E-state index is 13.5. The second kappa shape index (κ2) is 12.0. The summed E-state index contributed by atoms with van der Waals surface area (Å²) in [5.74, 6) is -2.97. The summed E-state index contributed by atoms with van der Waals surface area (Å²) >= 11 is 7.08. The minimum Gasteiger partial charge on any atom is -0.545 e. The lowest BCUT2D eigenvalue weighted by atomic mass is 10.2. The standard InChI is InChI=1S/C28H23ClN2O6S/c1-2-3-16-37-28(36)18-6-12-21(13-7-18)31-25(32)23(30-20-10-4-17(5-11-20)27(34)35)24(26(31)33)38-22-14-8-19(29)9-15-22/h4-15,30H,2-3,16H2,1H3,(H,34,35)/p-1. The molecule has 0 unspecified atom stereocenters. The Bertz CT molecular complexity index is 1400. The Labute approximate surface area is 228 Å². The highest BCUT2D eigenvalue weighted by Gasteiger charge is 2.40. The number of nitrogens with zero attached hydrogens (tertiary/aromatic N) is 1. The van der Waals surface area contributed by atoms with Gasteiger partial charge in [-0.05, 0) is 72.6 Å². The number of carbonyl (C=O) groups excluding carboxylic acids is 4. The first-order valence-corrected chi connectivity index (χ1v) is 12.9. The number of esters is 1. The molecule has 0 spiro atoms. The first-order chi connectivity index (χ1) is 18.3. The van der Waals surface area contributed by atoms with Crippen molar-refractivity contribution >= 4 is 58.5 Å². The number of anilines is 2. The number of ether oxygens (including phenoxy) is 1. The molecule has 1 aliphatic rings. The Hall–Kier alpha value is -4.08. The highest BCUT2D eigenvalue weighted by atomic mass is 35.5. The quantitative estimate of drug-likeness (QED) is 0.221. The Kier molecular flexibility index (Phi) is 8.50. The SMILES string of the molecule is CCCCOC(=O)c1ccc(N2C(=O)C(Nc3ccc(C(=O)[O-])cc3)=C(Sc3ccc(Cl)cc3)C2=O)cc1. The molecule has 1 N–H and O–H groups in total. The van der Waals surface area contributed by atoms with E-state index < -0.39 is 23.8 Å². The molecular weight excluding hydrogens is 528 g/mol. The number of benzene rings is 3. The van der Waals surface area contributed by atoms with Crippen LogP contribution in [0.4, 0.5) is 11.4 Å². The fourth-order valence-corrected chi connectivity index (χ4v) is 4.60. The number of carboxylic acid groups (broad SMARTS) is 1. The van der Waals surface area contributed by atoms with E-state index in [0.717, 1.165) is 29.5 Å². The van der Waals surface area contributed by atoms with E-state index in [1.165, 1.54) is 48.5 Å². The molecule has 0 bridgehead atoms. The molecule has 1 heterocycles. The molecule has 0 saturated carbocycles. The molecule has 4 rings (SSSR count). The van der Waals surface area contributed by atoms with Crippen LogP contribution in [-0.2, 0) is 14.3 Å². The average molecular weight is 550 g/mol. The van der Waals surface area contributed by atoms with Gasteiger partial charge in [-0.3, -0.25) is 9.59 Å². The Morgan fingerprint density at radius 2 is 1.55 bits per heavy atom. The molecule has 3 aromatic carbocycles. The molecule has 1 aliphatic heterocycles. The van der Waals surface area contributed by atoms with Gasteiger partial charge >= 0.3 is 5.97 Å². The summed E-state index contributed by atoms with van der Waals surface area (Å²) in [7, 11) is 0. The van der Waals surface area contributed by atoms with Crippen LogP contribution in [0.15, 0.2) is 88.3 Å². The zero-order valence-corrected chi connectivity index (χ0v) is 21.8. The highest BCUT2D eigenvalue weighted by molar-refractivity contribution is 8.04. The molecule has 194 valence electrons. The number of halogens is 1. The molecule has 2 amide bonds. The third kappa shape index (κ3) is 6.07. The van der Waals surface area contributed by atoms with Crippen molar-refractivity contribution in [1.82, 2.24) is 0 Å². The van der Waals surface area contributed by atoms with Gasteiger partial charge in [0, 0.05) is 15.6 Å². The second-order valence-electron chi connectivity index (χ2n) is 8.23. The zero-order valence-electron chi connectivity index (χ0n) is 20.2. The van der Waals surface area contributed by atoms with E-state index in [-0.39, 0.29) is 21.9 Å². The molecular formula is C28H22ClN2O6S-. The minimum atomic E-state index is -1.33. The molecule has 8 nitrogen and oxygen atoms in total. The molecule has 0 aliphatic carbocycles. The number of carboxylic acids is 1. The number of thioether (sulfide) groups is 1. The van der Waals surface area contributed by atoms with Crippen LogP contribution in [0.5, 0.6) is 0 Å². The molecule has 0 saturated heterocycles. The van der Waals surface area contributed by atoms with E-state index in [2.05, 4.69) is 5.32 Å². The third-order valence-corrected chi connectivity index (χ3v) is 6.90. The number of unbranched alkanes of at least 4 members (excludes halogenated alkanes) is 1. The molecule has 10 heteroatoms. The maximum atomic E-state index is 13.5. The third-order valence-electron chi connectivity index (χ3n) is 5.56. The van der Waals surface area contributed by atoms with E-state index in [4.69, 9.17) is 16.3 Å². The summed E-state index contributed by atoms with van der Waals surface area (Å²) in [6.45, 7) is 2.31. The largest absolute Gasteiger partial charge is 0.545 e. The molecule has 0 atom stereocenters. The van der Waals surface area contributed by atoms with Crippen molar-refractivity contribution < 1.29 is 29.0 Å². The van der Waals surface area contributed by atoms with Crippen molar-refractivity contribution in [2.75, 3.05) is 16.8 Å². The molecule has 0 fully saturated rings. The lowest BCUT2D eigenvalue weighted by Gasteiger charge is -2.16. The van der Waals surface area contributed by atoms with Crippen LogP contribution in [0.1, 0.15) is 40.5 Å². The van der Waals surface area contributed by atoms with E-state index in [1.54, 1.807) is 24.3 Å². The average Bonchev–Trinajstić information content (AvgIpc) is 3.14. The lowest BCUT2D eigenvalue weighted by Crippen LogP contribution is -2.32. The van der Waals surface area contributed by atoms with Crippen molar-refractivity contribution in [1.29, 1.82) is 0 Å². The van der Waals surface area contributed by atoms with Gasteiger partial charge in [0.05, 0.1) is 23.8 Å². The van der Waals surface area contributed by atoms with Crippen LogP contribution < -0.4 is 15.3 Å². The summed E-state index contributed by atoms with van der Waals surface area (Å²) < 4.78 is 5.22. The topological polar surface area (TPSA) is 116 Å². The van der Waals surface area contributed by atoms with E-state index >= 15 is 0 Å². The van der Waals surface area contributed by atoms with Gasteiger partial charge in [-0.25, -0.2) is 9.69 Å². The number of aromatic carboxylic acids is 1. The van der Waals surface area contributed by atoms with Gasteiger partial charge in [-0.15, -0.1) is 0 Å². The van der Waals surface area contributed by atoms with Crippen molar-refractivity contribution in [2.24, 2.45) is 0 Å². The monoisotopic (exact) mass is 549 g/mol. The molecule has 38 heavy (non-hydrogen) atoms. The van der Waals surface area contributed by atoms with Crippen LogP contribution >= 0.6 is 23.4 Å². The Morgan fingerprint density at radius 1 is 0.921 bits per heavy atom. The van der Waals surface area contributed by atoms with Gasteiger partial charge in [0.15, 0.2) is 0 Å². The lowest BCUT2D eigenvalue weighted by molar-refractivity contribution is -0.255. The number of rotatable bonds is 10. The van der Waals surface area contributed by atoms with Crippen LogP contribution in [0.3, 0.4) is 0 Å². The minimum absolute atomic E-state index is 0.0240. The van der Waals surface area contributed by atoms with Crippen LogP contribution in [0.25, 0.3) is 0 Å². The molecule has 0 radical (unpaired) electrons. The molecule has 0 aromatic heterocycles. The fraction of sp³-hybridized carbons (Fsp3) is 0.143. The normalized spacial score (nSPS) is 13.2. The second-order valence-corrected chi connectivity index (χ2v) is 9.75. The number of amides is 2. The maximum Gasteiger partial charge on any atom is 0.338 e. The number of carbonyl (C=O) groups is 4. The van der Waals surface area contributed by atoms with E-state index in [9.17, 15) is 24.3 Å². The van der Waals surface area contributed by atoms with E-state index in [1.807, 2.05) is 6.92 Å². The highest BCUT2D eigenvalue weighted by Crippen LogP contribution is 2.38. The van der Waals surface area contributed by atoms with Crippen LogP contribution in [-0.4, -0.2) is 30.4 Å². The smallest absolute Gasteiger partial charge is 0.338 e. The summed E-state index contributed by atoms with van der Waals surface area (Å²) in [6.07, 6.45) is 1.65. The van der Waals surface area contributed by atoms with Gasteiger partial charge in [0.2, 0.25) is 0 Å². The predicted molar refractivity (Wildman–Crippen MR) is 143 cm³/mol. The molecule has 3 aromatic rings.